The van der Waals surface area contributed by atoms with Crippen LogP contribution in [0.25, 0.3) is 4.96 Å². The molecule has 13 heavy (non-hydrogen) atoms. The number of aryl methyl sites for hydroxylation is 2. The third-order valence-electron chi connectivity index (χ3n) is 2.13. The van der Waals surface area contributed by atoms with Crippen molar-refractivity contribution in [3.8, 4) is 0 Å². The maximum absolute atomic E-state index is 5.03. The van der Waals surface area contributed by atoms with Crippen molar-refractivity contribution in [2.75, 3.05) is 7.11 Å². The number of imidazole rings is 1. The number of methoxy groups -OCH3 is 1. The van der Waals surface area contributed by atoms with Gasteiger partial charge in [0.15, 0.2) is 4.96 Å². The van der Waals surface area contributed by atoms with E-state index in [0.717, 1.165) is 10.7 Å². The molecule has 0 atom stereocenters. The number of thiazole rings is 1. The van der Waals surface area contributed by atoms with E-state index in [0.29, 0.717) is 6.61 Å². The summed E-state index contributed by atoms with van der Waals surface area (Å²) < 4.78 is 7.15. The van der Waals surface area contributed by atoms with Gasteiger partial charge >= 0.3 is 0 Å². The van der Waals surface area contributed by atoms with Crippen molar-refractivity contribution >= 4 is 16.3 Å². The normalized spacial score (nSPS) is 11.3. The Morgan fingerprint density at radius 3 is 2.92 bits per heavy atom. The highest BCUT2D eigenvalue weighted by Crippen LogP contribution is 2.21. The SMILES string of the molecule is COCc1cn2c(C)c(C)sc2n1. The Morgan fingerprint density at radius 1 is 1.54 bits per heavy atom. The molecule has 2 rings (SSSR count). The number of ether oxygens (including phenoxy) is 1. The van der Waals surface area contributed by atoms with Gasteiger partial charge in [-0.1, -0.05) is 0 Å². The first-order valence-corrected chi connectivity index (χ1v) is 4.97. The van der Waals surface area contributed by atoms with Crippen LogP contribution in [0.1, 0.15) is 16.3 Å². The van der Waals surface area contributed by atoms with E-state index in [1.807, 2.05) is 6.20 Å². The molecule has 0 aliphatic heterocycles. The molecular formula is C9H12N2OS. The van der Waals surface area contributed by atoms with E-state index in [2.05, 4.69) is 23.2 Å². The second kappa shape index (κ2) is 3.12. The fourth-order valence-corrected chi connectivity index (χ4v) is 2.29. The molecule has 0 fully saturated rings. The summed E-state index contributed by atoms with van der Waals surface area (Å²) in [5.41, 5.74) is 2.27. The molecule has 0 bridgehead atoms. The molecule has 0 aliphatic rings. The quantitative estimate of drug-likeness (QED) is 0.735. The van der Waals surface area contributed by atoms with Crippen molar-refractivity contribution in [3.05, 3.63) is 22.5 Å². The molecule has 0 amide bonds. The third kappa shape index (κ3) is 1.36. The van der Waals surface area contributed by atoms with Crippen molar-refractivity contribution in [2.45, 2.75) is 20.5 Å². The molecule has 0 unspecified atom stereocenters. The summed E-state index contributed by atoms with van der Waals surface area (Å²) in [6.45, 7) is 4.81. The van der Waals surface area contributed by atoms with Crippen molar-refractivity contribution in [3.63, 3.8) is 0 Å². The third-order valence-corrected chi connectivity index (χ3v) is 3.20. The summed E-state index contributed by atoms with van der Waals surface area (Å²) in [5, 5.41) is 0. The van der Waals surface area contributed by atoms with Gasteiger partial charge in [-0.3, -0.25) is 4.40 Å². The highest BCUT2D eigenvalue weighted by molar-refractivity contribution is 7.17. The first-order valence-electron chi connectivity index (χ1n) is 4.15. The molecule has 3 nitrogen and oxygen atoms in total. The van der Waals surface area contributed by atoms with Gasteiger partial charge in [-0.2, -0.15) is 0 Å². The molecule has 0 radical (unpaired) electrons. The summed E-state index contributed by atoms with van der Waals surface area (Å²) in [6, 6.07) is 0. The molecule has 0 aromatic carbocycles. The number of hydrogen-bond acceptors (Lipinski definition) is 3. The molecule has 0 N–H and O–H groups in total. The van der Waals surface area contributed by atoms with Crippen molar-refractivity contribution in [1.29, 1.82) is 0 Å². The van der Waals surface area contributed by atoms with Crippen molar-refractivity contribution < 1.29 is 4.74 Å². The summed E-state index contributed by atoms with van der Waals surface area (Å²) in [7, 11) is 1.69. The topological polar surface area (TPSA) is 26.5 Å². The summed E-state index contributed by atoms with van der Waals surface area (Å²) >= 11 is 1.72. The maximum atomic E-state index is 5.03. The van der Waals surface area contributed by atoms with E-state index in [1.165, 1.54) is 10.6 Å². The minimum Gasteiger partial charge on any atom is -0.378 e. The van der Waals surface area contributed by atoms with Gasteiger partial charge < -0.3 is 4.74 Å². The largest absolute Gasteiger partial charge is 0.378 e. The van der Waals surface area contributed by atoms with Crippen molar-refractivity contribution in [2.24, 2.45) is 0 Å². The highest BCUT2D eigenvalue weighted by Gasteiger charge is 2.07. The molecule has 0 spiro atoms. The second-order valence-electron chi connectivity index (χ2n) is 3.06. The van der Waals surface area contributed by atoms with Gasteiger partial charge in [0.05, 0.1) is 12.3 Å². The Balaban J connectivity index is 2.52. The Kier molecular flexibility index (Phi) is 2.09. The number of rotatable bonds is 2. The van der Waals surface area contributed by atoms with E-state index in [9.17, 15) is 0 Å². The van der Waals surface area contributed by atoms with Gasteiger partial charge in [-0.25, -0.2) is 4.98 Å². The average Bonchev–Trinajstić information content (AvgIpc) is 2.56. The van der Waals surface area contributed by atoms with Gasteiger partial charge in [0.2, 0.25) is 0 Å². The van der Waals surface area contributed by atoms with Gasteiger partial charge in [0.1, 0.15) is 0 Å². The minimum absolute atomic E-state index is 0.590. The monoisotopic (exact) mass is 196 g/mol. The van der Waals surface area contributed by atoms with Gasteiger partial charge in [-0.05, 0) is 13.8 Å². The molecular weight excluding hydrogens is 184 g/mol. The lowest BCUT2D eigenvalue weighted by Crippen LogP contribution is -1.86. The molecule has 70 valence electrons. The number of aromatic nitrogens is 2. The summed E-state index contributed by atoms with van der Waals surface area (Å²) in [4.78, 5) is 6.82. The summed E-state index contributed by atoms with van der Waals surface area (Å²) in [5.74, 6) is 0. The number of hydrogen-bond donors (Lipinski definition) is 0. The zero-order valence-corrected chi connectivity index (χ0v) is 8.81. The highest BCUT2D eigenvalue weighted by atomic mass is 32.1. The van der Waals surface area contributed by atoms with E-state index in [-0.39, 0.29) is 0 Å². The Bertz CT molecular complexity index is 430. The van der Waals surface area contributed by atoms with Crippen LogP contribution in [0.2, 0.25) is 0 Å². The predicted octanol–water partition coefficient (Wildman–Crippen LogP) is 2.16. The zero-order chi connectivity index (χ0) is 9.42. The summed E-state index contributed by atoms with van der Waals surface area (Å²) in [6.07, 6.45) is 2.04. The fraction of sp³-hybridized carbons (Fsp3) is 0.444. The van der Waals surface area contributed by atoms with Crippen LogP contribution in [-0.4, -0.2) is 16.5 Å². The van der Waals surface area contributed by atoms with E-state index in [4.69, 9.17) is 4.74 Å². The molecule has 2 heterocycles. The second-order valence-corrected chi connectivity index (χ2v) is 4.24. The van der Waals surface area contributed by atoms with Crippen LogP contribution in [0.3, 0.4) is 0 Å². The van der Waals surface area contributed by atoms with Gasteiger partial charge in [0, 0.05) is 23.9 Å². The molecule has 0 saturated carbocycles. The Labute approximate surface area is 81.0 Å². The van der Waals surface area contributed by atoms with Gasteiger partial charge in [0.25, 0.3) is 0 Å². The zero-order valence-electron chi connectivity index (χ0n) is 8.00. The van der Waals surface area contributed by atoms with E-state index >= 15 is 0 Å². The Hall–Kier alpha value is -0.870. The fourth-order valence-electron chi connectivity index (χ4n) is 1.32. The lowest BCUT2D eigenvalue weighted by atomic mass is 10.4. The molecule has 0 saturated heterocycles. The predicted molar refractivity (Wildman–Crippen MR) is 53.3 cm³/mol. The minimum atomic E-state index is 0.590. The molecule has 0 aliphatic carbocycles. The lowest BCUT2D eigenvalue weighted by Gasteiger charge is -1.91. The first-order chi connectivity index (χ1) is 6.22. The van der Waals surface area contributed by atoms with Gasteiger partial charge in [-0.15, -0.1) is 11.3 Å². The van der Waals surface area contributed by atoms with Crippen LogP contribution >= 0.6 is 11.3 Å². The van der Waals surface area contributed by atoms with Crippen LogP contribution < -0.4 is 0 Å². The van der Waals surface area contributed by atoms with E-state index in [1.54, 1.807) is 18.4 Å². The van der Waals surface area contributed by atoms with E-state index < -0.39 is 0 Å². The lowest BCUT2D eigenvalue weighted by molar-refractivity contribution is 0.182. The molecule has 4 heteroatoms. The average molecular weight is 196 g/mol. The van der Waals surface area contributed by atoms with Crippen LogP contribution in [0.15, 0.2) is 6.20 Å². The van der Waals surface area contributed by atoms with Crippen LogP contribution in [-0.2, 0) is 11.3 Å². The molecule has 2 aromatic rings. The van der Waals surface area contributed by atoms with Crippen LogP contribution in [0, 0.1) is 13.8 Å². The van der Waals surface area contributed by atoms with Crippen LogP contribution in [0.4, 0.5) is 0 Å². The van der Waals surface area contributed by atoms with Crippen molar-refractivity contribution in [1.82, 2.24) is 9.38 Å². The number of nitrogens with zero attached hydrogens (tertiary/aromatic N) is 2. The smallest absolute Gasteiger partial charge is 0.194 e. The molecule has 2 aromatic heterocycles. The standard InChI is InChI=1S/C9H12N2OS/c1-6-7(2)13-9-10-8(5-12-3)4-11(6)9/h4H,5H2,1-3H3. The first kappa shape index (κ1) is 8.72. The van der Waals surface area contributed by atoms with Crippen LogP contribution in [0.5, 0.6) is 0 Å². The Morgan fingerprint density at radius 2 is 2.31 bits per heavy atom. The maximum Gasteiger partial charge on any atom is 0.194 e. The number of fused-ring (bicyclic) bond motifs is 1.